The van der Waals surface area contributed by atoms with Gasteiger partial charge in [-0.15, -0.1) is 0 Å². The second kappa shape index (κ2) is 11.4. The summed E-state index contributed by atoms with van der Waals surface area (Å²) in [5, 5.41) is 9.10. The second-order valence-electron chi connectivity index (χ2n) is 8.81. The van der Waals surface area contributed by atoms with Crippen molar-refractivity contribution in [3.8, 4) is 22.6 Å². The molecule has 1 N–H and O–H groups in total. The lowest BCUT2D eigenvalue weighted by molar-refractivity contribution is 0.0696. The summed E-state index contributed by atoms with van der Waals surface area (Å²) < 4.78 is 27.1. The van der Waals surface area contributed by atoms with Gasteiger partial charge in [0.25, 0.3) is 5.56 Å². The average Bonchev–Trinajstić information content (AvgIpc) is 2.86. The van der Waals surface area contributed by atoms with Gasteiger partial charge in [0.1, 0.15) is 17.3 Å². The van der Waals surface area contributed by atoms with Crippen LogP contribution in [0.15, 0.2) is 59.5 Å². The quantitative estimate of drug-likeness (QED) is 0.452. The van der Waals surface area contributed by atoms with Gasteiger partial charge in [0, 0.05) is 37.9 Å². The third-order valence-electron chi connectivity index (χ3n) is 6.41. The van der Waals surface area contributed by atoms with Crippen LogP contribution < -0.4 is 15.0 Å². The molecule has 2 aromatic carbocycles. The fourth-order valence-electron chi connectivity index (χ4n) is 4.71. The van der Waals surface area contributed by atoms with Crippen LogP contribution in [0.4, 0.5) is 4.39 Å². The molecule has 1 fully saturated rings. The van der Waals surface area contributed by atoms with Crippen LogP contribution in [0, 0.1) is 5.82 Å². The normalized spacial score (nSPS) is 14.5. The topological polar surface area (TPSA) is 81.0 Å². The number of carbonyl (C=O) groups is 1. The molecule has 0 spiro atoms. The van der Waals surface area contributed by atoms with E-state index in [1.807, 2.05) is 26.0 Å². The number of carboxylic acid groups (broad SMARTS) is 1. The molecular weight excluding hydrogens is 463 g/mol. The Bertz CT molecular complexity index is 1240. The number of aromatic nitrogens is 1. The molecule has 0 aliphatic carbocycles. The smallest absolute Gasteiger partial charge is 0.335 e. The van der Waals surface area contributed by atoms with Crippen molar-refractivity contribution in [2.24, 2.45) is 0 Å². The van der Waals surface area contributed by atoms with E-state index in [-0.39, 0.29) is 23.0 Å². The minimum Gasteiger partial charge on any atom is -0.493 e. The molecule has 1 aromatic heterocycles. The number of ether oxygens (including phenoxy) is 2. The Hall–Kier alpha value is -3.65. The van der Waals surface area contributed by atoms with Gasteiger partial charge >= 0.3 is 5.97 Å². The van der Waals surface area contributed by atoms with E-state index in [0.29, 0.717) is 31.3 Å². The van der Waals surface area contributed by atoms with Gasteiger partial charge in [0.2, 0.25) is 0 Å². The highest BCUT2D eigenvalue weighted by Gasteiger charge is 2.23. The molecule has 3 aromatic rings. The molecule has 7 nitrogen and oxygen atoms in total. The minimum atomic E-state index is -1.10. The maximum Gasteiger partial charge on any atom is 0.335 e. The van der Waals surface area contributed by atoms with E-state index >= 15 is 0 Å². The first kappa shape index (κ1) is 25.4. The summed E-state index contributed by atoms with van der Waals surface area (Å²) in [7, 11) is 0. The van der Waals surface area contributed by atoms with Crippen molar-refractivity contribution in [3.63, 3.8) is 0 Å². The number of aromatic carboxylic acids is 1. The van der Waals surface area contributed by atoms with Crippen molar-refractivity contribution >= 4 is 5.97 Å². The Kier molecular flexibility index (Phi) is 8.05. The molecule has 1 saturated heterocycles. The van der Waals surface area contributed by atoms with Gasteiger partial charge in [-0.25, -0.2) is 9.18 Å². The van der Waals surface area contributed by atoms with E-state index in [0.717, 1.165) is 42.6 Å². The van der Waals surface area contributed by atoms with Gasteiger partial charge in [-0.3, -0.25) is 9.69 Å². The van der Waals surface area contributed by atoms with Gasteiger partial charge in [0.15, 0.2) is 0 Å². The highest BCUT2D eigenvalue weighted by molar-refractivity contribution is 5.87. The molecule has 1 aliphatic heterocycles. The summed E-state index contributed by atoms with van der Waals surface area (Å²) in [6, 6.07) is 13.0. The SMILES string of the molecule is CCOc1cc(CN2CCC(n3ccc(C(=O)O)cc3=O)CC2)cc(OCC)c1-c1ccc(F)cc1. The Labute approximate surface area is 209 Å². The number of likely N-dealkylation sites (tertiary alicyclic amines) is 1. The molecule has 0 radical (unpaired) electrons. The van der Waals surface area contributed by atoms with Crippen LogP contribution >= 0.6 is 0 Å². The number of piperidine rings is 1. The van der Waals surface area contributed by atoms with E-state index in [4.69, 9.17) is 14.6 Å². The monoisotopic (exact) mass is 494 g/mol. The molecule has 0 atom stereocenters. The van der Waals surface area contributed by atoms with Crippen LogP contribution in [-0.2, 0) is 6.54 Å². The molecule has 2 heterocycles. The summed E-state index contributed by atoms with van der Waals surface area (Å²) in [5.74, 6) is 0.00202. The van der Waals surface area contributed by atoms with Crippen LogP contribution in [0.25, 0.3) is 11.1 Å². The molecule has 36 heavy (non-hydrogen) atoms. The Morgan fingerprint density at radius 3 is 2.14 bits per heavy atom. The van der Waals surface area contributed by atoms with E-state index in [1.165, 1.54) is 24.3 Å². The molecule has 0 amide bonds. The van der Waals surface area contributed by atoms with Gasteiger partial charge < -0.3 is 19.1 Å². The first-order valence-corrected chi connectivity index (χ1v) is 12.3. The van der Waals surface area contributed by atoms with Crippen molar-refractivity contribution in [1.82, 2.24) is 9.47 Å². The molecule has 4 rings (SSSR count). The average molecular weight is 495 g/mol. The zero-order chi connectivity index (χ0) is 25.7. The highest BCUT2D eigenvalue weighted by atomic mass is 19.1. The first-order chi connectivity index (χ1) is 17.4. The molecule has 0 saturated carbocycles. The predicted octanol–water partition coefficient (Wildman–Crippen LogP) is 4.99. The number of hydrogen-bond donors (Lipinski definition) is 1. The molecule has 0 unspecified atom stereocenters. The lowest BCUT2D eigenvalue weighted by atomic mass is 9.99. The molecule has 0 bridgehead atoms. The third-order valence-corrected chi connectivity index (χ3v) is 6.41. The summed E-state index contributed by atoms with van der Waals surface area (Å²) in [4.78, 5) is 25.9. The predicted molar refractivity (Wildman–Crippen MR) is 135 cm³/mol. The van der Waals surface area contributed by atoms with Crippen LogP contribution in [0.3, 0.4) is 0 Å². The lowest BCUT2D eigenvalue weighted by Crippen LogP contribution is -2.37. The third kappa shape index (κ3) is 5.76. The molecular formula is C28H31FN2O5. The summed E-state index contributed by atoms with van der Waals surface area (Å²) in [5.41, 5.74) is 2.41. The first-order valence-electron chi connectivity index (χ1n) is 12.3. The number of hydrogen-bond acceptors (Lipinski definition) is 5. The van der Waals surface area contributed by atoms with Gasteiger partial charge in [0.05, 0.1) is 24.3 Å². The van der Waals surface area contributed by atoms with Crippen LogP contribution in [0.5, 0.6) is 11.5 Å². The van der Waals surface area contributed by atoms with Crippen molar-refractivity contribution < 1.29 is 23.8 Å². The van der Waals surface area contributed by atoms with Crippen LogP contribution in [0.2, 0.25) is 0 Å². The van der Waals surface area contributed by atoms with Crippen molar-refractivity contribution in [1.29, 1.82) is 0 Å². The lowest BCUT2D eigenvalue weighted by Gasteiger charge is -2.33. The Balaban J connectivity index is 1.52. The Morgan fingerprint density at radius 2 is 1.61 bits per heavy atom. The van der Waals surface area contributed by atoms with Crippen LogP contribution in [-0.4, -0.2) is 46.8 Å². The maximum absolute atomic E-state index is 13.5. The minimum absolute atomic E-state index is 0.00738. The number of nitrogens with zero attached hydrogens (tertiary/aromatic N) is 2. The molecule has 190 valence electrons. The molecule has 8 heteroatoms. The van der Waals surface area contributed by atoms with E-state index < -0.39 is 5.97 Å². The van der Waals surface area contributed by atoms with Gasteiger partial charge in [-0.1, -0.05) is 12.1 Å². The fourth-order valence-corrected chi connectivity index (χ4v) is 4.71. The van der Waals surface area contributed by atoms with E-state index in [9.17, 15) is 14.0 Å². The van der Waals surface area contributed by atoms with Gasteiger partial charge in [-0.2, -0.15) is 0 Å². The Morgan fingerprint density at radius 1 is 1.00 bits per heavy atom. The van der Waals surface area contributed by atoms with Crippen molar-refractivity contribution in [2.75, 3.05) is 26.3 Å². The van der Waals surface area contributed by atoms with Crippen LogP contribution in [0.1, 0.15) is 48.7 Å². The number of rotatable bonds is 9. The standard InChI is InChI=1S/C28H31FN2O5/c1-3-35-24-15-19(16-25(36-4-2)27(24)20-5-7-22(29)8-6-20)18-30-12-10-23(11-13-30)31-14-9-21(28(33)34)17-26(31)32/h5-9,14-17,23H,3-4,10-13,18H2,1-2H3,(H,33,34). The van der Waals surface area contributed by atoms with Crippen molar-refractivity contribution in [2.45, 2.75) is 39.3 Å². The number of pyridine rings is 1. The summed E-state index contributed by atoms with van der Waals surface area (Å²) in [6.45, 7) is 7.13. The van der Waals surface area contributed by atoms with E-state index in [2.05, 4.69) is 4.90 Å². The molecule has 1 aliphatic rings. The fraction of sp³-hybridized carbons (Fsp3) is 0.357. The van der Waals surface area contributed by atoms with E-state index in [1.54, 1.807) is 22.9 Å². The largest absolute Gasteiger partial charge is 0.493 e. The highest BCUT2D eigenvalue weighted by Crippen LogP contribution is 2.40. The number of benzene rings is 2. The summed E-state index contributed by atoms with van der Waals surface area (Å²) >= 11 is 0. The zero-order valence-corrected chi connectivity index (χ0v) is 20.6. The summed E-state index contributed by atoms with van der Waals surface area (Å²) in [6.07, 6.45) is 3.16. The van der Waals surface area contributed by atoms with Crippen molar-refractivity contribution in [3.05, 3.63) is 82.0 Å². The maximum atomic E-state index is 13.5. The van der Waals surface area contributed by atoms with Gasteiger partial charge in [-0.05, 0) is 68.1 Å². The number of carboxylic acids is 1. The zero-order valence-electron chi connectivity index (χ0n) is 20.6. The second-order valence-corrected chi connectivity index (χ2v) is 8.81. The number of halogens is 1.